The van der Waals surface area contributed by atoms with E-state index in [2.05, 4.69) is 12.2 Å². The number of methoxy groups -OCH3 is 1. The number of hydrogen-bond acceptors (Lipinski definition) is 3. The maximum absolute atomic E-state index is 6.00. The SMILES string of the molecule is COc1cccc(NCC2(C)CCC2)c1N. The number of para-hydroxylation sites is 1. The molecule has 16 heavy (non-hydrogen) atoms. The Bertz CT molecular complexity index is 372. The van der Waals surface area contributed by atoms with E-state index in [0.29, 0.717) is 11.1 Å². The molecule has 0 amide bonds. The molecule has 0 heterocycles. The second kappa shape index (κ2) is 4.24. The summed E-state index contributed by atoms with van der Waals surface area (Å²) < 4.78 is 5.19. The molecule has 2 rings (SSSR count). The highest BCUT2D eigenvalue weighted by molar-refractivity contribution is 5.72. The van der Waals surface area contributed by atoms with Crippen molar-refractivity contribution in [2.24, 2.45) is 5.41 Å². The molecule has 1 aliphatic carbocycles. The molecular weight excluding hydrogens is 200 g/mol. The zero-order chi connectivity index (χ0) is 11.6. The molecule has 3 nitrogen and oxygen atoms in total. The first-order valence-electron chi connectivity index (χ1n) is 5.81. The minimum Gasteiger partial charge on any atom is -0.495 e. The Morgan fingerprint density at radius 2 is 2.19 bits per heavy atom. The summed E-state index contributed by atoms with van der Waals surface area (Å²) in [6.07, 6.45) is 3.97. The average Bonchev–Trinajstić information content (AvgIpc) is 2.25. The minimum absolute atomic E-state index is 0.454. The number of anilines is 2. The summed E-state index contributed by atoms with van der Waals surface area (Å²) in [5.41, 5.74) is 8.13. The lowest BCUT2D eigenvalue weighted by Crippen LogP contribution is -2.33. The summed E-state index contributed by atoms with van der Waals surface area (Å²) >= 11 is 0. The van der Waals surface area contributed by atoms with E-state index in [0.717, 1.165) is 18.0 Å². The predicted octanol–water partition coefficient (Wildman–Crippen LogP) is 2.88. The van der Waals surface area contributed by atoms with Crippen molar-refractivity contribution < 1.29 is 4.74 Å². The summed E-state index contributed by atoms with van der Waals surface area (Å²) in [6.45, 7) is 3.31. The Labute approximate surface area is 97.0 Å². The van der Waals surface area contributed by atoms with Crippen LogP contribution in [0, 0.1) is 5.41 Å². The molecule has 0 unspecified atom stereocenters. The molecule has 0 aromatic heterocycles. The quantitative estimate of drug-likeness (QED) is 0.767. The highest BCUT2D eigenvalue weighted by atomic mass is 16.5. The van der Waals surface area contributed by atoms with Gasteiger partial charge in [0, 0.05) is 6.54 Å². The molecule has 0 bridgehead atoms. The van der Waals surface area contributed by atoms with Crippen LogP contribution < -0.4 is 15.8 Å². The molecule has 3 N–H and O–H groups in total. The molecule has 0 radical (unpaired) electrons. The highest BCUT2D eigenvalue weighted by Gasteiger charge is 2.31. The molecule has 88 valence electrons. The average molecular weight is 220 g/mol. The number of benzene rings is 1. The van der Waals surface area contributed by atoms with Crippen LogP contribution in [0.2, 0.25) is 0 Å². The monoisotopic (exact) mass is 220 g/mol. The smallest absolute Gasteiger partial charge is 0.143 e. The van der Waals surface area contributed by atoms with Gasteiger partial charge >= 0.3 is 0 Å². The fraction of sp³-hybridized carbons (Fsp3) is 0.538. The van der Waals surface area contributed by atoms with Crippen LogP contribution in [0.1, 0.15) is 26.2 Å². The van der Waals surface area contributed by atoms with Crippen LogP contribution in [-0.4, -0.2) is 13.7 Å². The molecular formula is C13H20N2O. The van der Waals surface area contributed by atoms with Gasteiger partial charge in [-0.05, 0) is 30.4 Å². The van der Waals surface area contributed by atoms with Crippen LogP contribution in [-0.2, 0) is 0 Å². The first-order valence-corrected chi connectivity index (χ1v) is 5.81. The van der Waals surface area contributed by atoms with Crippen molar-refractivity contribution in [1.82, 2.24) is 0 Å². The Morgan fingerprint density at radius 3 is 2.75 bits per heavy atom. The molecule has 0 spiro atoms. The standard InChI is InChI=1S/C13H20N2O/c1-13(7-4-8-13)9-15-10-5-3-6-11(16-2)12(10)14/h3,5-6,15H,4,7-9,14H2,1-2H3. The second-order valence-corrected chi connectivity index (χ2v) is 4.94. The van der Waals surface area contributed by atoms with Crippen molar-refractivity contribution in [2.75, 3.05) is 24.7 Å². The topological polar surface area (TPSA) is 47.3 Å². The molecule has 1 aromatic rings. The van der Waals surface area contributed by atoms with E-state index in [1.807, 2.05) is 18.2 Å². The number of hydrogen-bond donors (Lipinski definition) is 2. The summed E-state index contributed by atoms with van der Waals surface area (Å²) in [6, 6.07) is 5.84. The van der Waals surface area contributed by atoms with Gasteiger partial charge in [-0.1, -0.05) is 19.4 Å². The lowest BCUT2D eigenvalue weighted by molar-refractivity contribution is 0.180. The van der Waals surface area contributed by atoms with Crippen molar-refractivity contribution in [1.29, 1.82) is 0 Å². The van der Waals surface area contributed by atoms with Crippen LogP contribution in [0.4, 0.5) is 11.4 Å². The van der Waals surface area contributed by atoms with Crippen LogP contribution in [0.15, 0.2) is 18.2 Å². The zero-order valence-electron chi connectivity index (χ0n) is 10.0. The van der Waals surface area contributed by atoms with E-state index in [4.69, 9.17) is 10.5 Å². The fourth-order valence-corrected chi connectivity index (χ4v) is 2.14. The molecule has 1 saturated carbocycles. The molecule has 0 saturated heterocycles. The Balaban J connectivity index is 2.03. The van der Waals surface area contributed by atoms with E-state index in [1.54, 1.807) is 7.11 Å². The normalized spacial score (nSPS) is 17.6. The number of nitrogens with one attached hydrogen (secondary N) is 1. The summed E-state index contributed by atoms with van der Waals surface area (Å²) in [4.78, 5) is 0. The van der Waals surface area contributed by atoms with Gasteiger partial charge < -0.3 is 15.8 Å². The summed E-state index contributed by atoms with van der Waals surface area (Å²) in [5, 5.41) is 3.43. The van der Waals surface area contributed by atoms with Gasteiger partial charge in [0.1, 0.15) is 5.75 Å². The maximum Gasteiger partial charge on any atom is 0.143 e. The van der Waals surface area contributed by atoms with Crippen molar-refractivity contribution in [3.8, 4) is 5.75 Å². The predicted molar refractivity (Wildman–Crippen MR) is 67.9 cm³/mol. The molecule has 1 aromatic carbocycles. The van der Waals surface area contributed by atoms with Gasteiger partial charge in [0.15, 0.2) is 0 Å². The Hall–Kier alpha value is -1.38. The largest absolute Gasteiger partial charge is 0.495 e. The van der Waals surface area contributed by atoms with Gasteiger partial charge in [-0.15, -0.1) is 0 Å². The van der Waals surface area contributed by atoms with Crippen LogP contribution in [0.3, 0.4) is 0 Å². The third-order valence-corrected chi connectivity index (χ3v) is 3.55. The van der Waals surface area contributed by atoms with E-state index in [9.17, 15) is 0 Å². The zero-order valence-corrected chi connectivity index (χ0v) is 10.0. The molecule has 0 atom stereocenters. The maximum atomic E-state index is 6.00. The van der Waals surface area contributed by atoms with Gasteiger partial charge in [0.2, 0.25) is 0 Å². The number of ether oxygens (including phenoxy) is 1. The van der Waals surface area contributed by atoms with Gasteiger partial charge in [-0.25, -0.2) is 0 Å². The molecule has 0 aliphatic heterocycles. The van der Waals surface area contributed by atoms with Gasteiger partial charge in [-0.3, -0.25) is 0 Å². The first-order chi connectivity index (χ1) is 7.64. The lowest BCUT2D eigenvalue weighted by Gasteiger charge is -2.38. The van der Waals surface area contributed by atoms with E-state index >= 15 is 0 Å². The number of rotatable bonds is 4. The van der Waals surface area contributed by atoms with Gasteiger partial charge in [0.05, 0.1) is 18.5 Å². The van der Waals surface area contributed by atoms with E-state index < -0.39 is 0 Å². The van der Waals surface area contributed by atoms with E-state index in [-0.39, 0.29) is 0 Å². The summed E-state index contributed by atoms with van der Waals surface area (Å²) in [5.74, 6) is 0.740. The number of nitrogen functional groups attached to an aromatic ring is 1. The third kappa shape index (κ3) is 2.08. The van der Waals surface area contributed by atoms with Crippen LogP contribution in [0.25, 0.3) is 0 Å². The second-order valence-electron chi connectivity index (χ2n) is 4.94. The van der Waals surface area contributed by atoms with Crippen molar-refractivity contribution in [3.05, 3.63) is 18.2 Å². The Morgan fingerprint density at radius 1 is 1.44 bits per heavy atom. The van der Waals surface area contributed by atoms with Crippen molar-refractivity contribution in [3.63, 3.8) is 0 Å². The van der Waals surface area contributed by atoms with Crippen LogP contribution in [0.5, 0.6) is 5.75 Å². The van der Waals surface area contributed by atoms with Gasteiger partial charge in [0.25, 0.3) is 0 Å². The first kappa shape index (κ1) is 11.1. The Kier molecular flexibility index (Phi) is 2.95. The lowest BCUT2D eigenvalue weighted by atomic mass is 9.70. The molecule has 3 heteroatoms. The molecule has 1 fully saturated rings. The minimum atomic E-state index is 0.454. The number of nitrogens with two attached hydrogens (primary N) is 1. The third-order valence-electron chi connectivity index (χ3n) is 3.55. The molecule has 1 aliphatic rings. The van der Waals surface area contributed by atoms with E-state index in [1.165, 1.54) is 19.3 Å². The van der Waals surface area contributed by atoms with Crippen molar-refractivity contribution >= 4 is 11.4 Å². The van der Waals surface area contributed by atoms with Crippen molar-refractivity contribution in [2.45, 2.75) is 26.2 Å². The fourth-order valence-electron chi connectivity index (χ4n) is 2.14. The van der Waals surface area contributed by atoms with Gasteiger partial charge in [-0.2, -0.15) is 0 Å². The summed E-state index contributed by atoms with van der Waals surface area (Å²) in [7, 11) is 1.64. The van der Waals surface area contributed by atoms with Crippen LogP contribution >= 0.6 is 0 Å². The highest BCUT2D eigenvalue weighted by Crippen LogP contribution is 2.40.